The van der Waals surface area contributed by atoms with Crippen LogP contribution in [0.2, 0.25) is 0 Å². The molecule has 0 N–H and O–H groups in total. The summed E-state index contributed by atoms with van der Waals surface area (Å²) >= 11 is 6.85. The number of pyridine rings is 1. The summed E-state index contributed by atoms with van der Waals surface area (Å²) in [4.78, 5) is 18.6. The van der Waals surface area contributed by atoms with Crippen molar-refractivity contribution in [1.29, 1.82) is 0 Å². The molecular formula is C13H16Br2N2O. The Bertz CT molecular complexity index is 425. The van der Waals surface area contributed by atoms with Gasteiger partial charge in [-0.3, -0.25) is 4.79 Å². The fraction of sp³-hybridized carbons (Fsp3) is 0.538. The molecule has 1 fully saturated rings. The van der Waals surface area contributed by atoms with Crippen molar-refractivity contribution in [3.63, 3.8) is 0 Å². The van der Waals surface area contributed by atoms with E-state index >= 15 is 0 Å². The Hall–Kier alpha value is -0.420. The molecule has 1 aromatic heterocycles. The monoisotopic (exact) mass is 374 g/mol. The van der Waals surface area contributed by atoms with Crippen LogP contribution in [0.25, 0.3) is 0 Å². The fourth-order valence-corrected chi connectivity index (χ4v) is 3.14. The van der Waals surface area contributed by atoms with E-state index in [0.29, 0.717) is 11.7 Å². The first-order valence-electron chi connectivity index (χ1n) is 6.21. The van der Waals surface area contributed by atoms with E-state index in [4.69, 9.17) is 0 Å². The summed E-state index contributed by atoms with van der Waals surface area (Å²) in [6.45, 7) is 0.856. The van der Waals surface area contributed by atoms with Crippen LogP contribution in [0.3, 0.4) is 0 Å². The lowest BCUT2D eigenvalue weighted by Crippen LogP contribution is -2.36. The Balaban J connectivity index is 2.10. The van der Waals surface area contributed by atoms with Crippen molar-refractivity contribution in [3.8, 4) is 0 Å². The van der Waals surface area contributed by atoms with Crippen molar-refractivity contribution < 1.29 is 4.79 Å². The minimum atomic E-state index is 0.0551. The van der Waals surface area contributed by atoms with Gasteiger partial charge in [-0.15, -0.1) is 0 Å². The quantitative estimate of drug-likeness (QED) is 0.753. The van der Waals surface area contributed by atoms with Crippen molar-refractivity contribution in [3.05, 3.63) is 28.5 Å². The number of hydrogen-bond acceptors (Lipinski definition) is 2. The molecule has 5 heteroatoms. The minimum Gasteiger partial charge on any atom is -0.334 e. The molecule has 0 aliphatic carbocycles. The largest absolute Gasteiger partial charge is 0.334 e. The predicted octanol–water partition coefficient (Wildman–Crippen LogP) is 3.62. The Morgan fingerprint density at radius 3 is 3.11 bits per heavy atom. The Morgan fingerprint density at radius 1 is 1.56 bits per heavy atom. The van der Waals surface area contributed by atoms with Gasteiger partial charge < -0.3 is 4.90 Å². The summed E-state index contributed by atoms with van der Waals surface area (Å²) in [6.07, 6.45) is 6.06. The second-order valence-electron chi connectivity index (χ2n) is 4.46. The van der Waals surface area contributed by atoms with Gasteiger partial charge in [0, 0.05) is 28.6 Å². The average Bonchev–Trinajstić information content (AvgIpc) is 2.84. The topological polar surface area (TPSA) is 33.2 Å². The van der Waals surface area contributed by atoms with Crippen molar-refractivity contribution in [2.24, 2.45) is 0 Å². The molecule has 18 heavy (non-hydrogen) atoms. The summed E-state index contributed by atoms with van der Waals surface area (Å²) in [7, 11) is 0. The van der Waals surface area contributed by atoms with Crippen LogP contribution in [0.5, 0.6) is 0 Å². The van der Waals surface area contributed by atoms with Crippen molar-refractivity contribution >= 4 is 37.8 Å². The number of rotatable bonds is 4. The van der Waals surface area contributed by atoms with Crippen LogP contribution in [-0.4, -0.2) is 33.7 Å². The molecule has 98 valence electrons. The van der Waals surface area contributed by atoms with Crippen LogP contribution in [-0.2, 0) is 0 Å². The molecule has 0 aromatic carbocycles. The van der Waals surface area contributed by atoms with Crippen LogP contribution in [0.15, 0.2) is 22.8 Å². The molecule has 1 unspecified atom stereocenters. The molecule has 1 aliphatic heterocycles. The van der Waals surface area contributed by atoms with E-state index in [1.807, 2.05) is 17.0 Å². The second-order valence-corrected chi connectivity index (χ2v) is 6.11. The first-order chi connectivity index (χ1) is 8.74. The number of carbonyl (C=O) groups is 1. The van der Waals surface area contributed by atoms with Gasteiger partial charge in [0.1, 0.15) is 5.69 Å². The van der Waals surface area contributed by atoms with Gasteiger partial charge in [-0.1, -0.05) is 15.9 Å². The van der Waals surface area contributed by atoms with Crippen LogP contribution >= 0.6 is 31.9 Å². The van der Waals surface area contributed by atoms with E-state index < -0.39 is 0 Å². The Labute approximate surface area is 124 Å². The van der Waals surface area contributed by atoms with Gasteiger partial charge in [-0.05, 0) is 53.7 Å². The summed E-state index contributed by atoms with van der Waals surface area (Å²) < 4.78 is 0.779. The second kappa shape index (κ2) is 6.66. The number of carbonyl (C=O) groups excluding carboxylic acids is 1. The standard InChI is InChI=1S/C13H16Br2N2O/c14-7-1-4-10-5-3-9-17(10)13(18)12-11(15)6-2-8-16-12/h2,6,8,10H,1,3-5,7,9H2. The normalized spacial score (nSPS) is 19.2. The number of aromatic nitrogens is 1. The molecule has 2 heterocycles. The smallest absolute Gasteiger partial charge is 0.273 e. The summed E-state index contributed by atoms with van der Waals surface area (Å²) in [6, 6.07) is 4.07. The molecule has 1 aromatic rings. The third-order valence-corrected chi connectivity index (χ3v) is 4.47. The van der Waals surface area contributed by atoms with Gasteiger partial charge >= 0.3 is 0 Å². The molecule has 0 spiro atoms. The molecule has 0 saturated carbocycles. The lowest BCUT2D eigenvalue weighted by atomic mass is 10.1. The first-order valence-corrected chi connectivity index (χ1v) is 8.13. The predicted molar refractivity (Wildman–Crippen MR) is 79.0 cm³/mol. The number of hydrogen-bond donors (Lipinski definition) is 0. The maximum absolute atomic E-state index is 12.5. The molecule has 1 atom stereocenters. The molecule has 0 bridgehead atoms. The van der Waals surface area contributed by atoms with E-state index in [2.05, 4.69) is 36.8 Å². The van der Waals surface area contributed by atoms with E-state index in [9.17, 15) is 4.79 Å². The van der Waals surface area contributed by atoms with Gasteiger partial charge in [0.05, 0.1) is 0 Å². The van der Waals surface area contributed by atoms with E-state index in [1.54, 1.807) is 6.20 Å². The van der Waals surface area contributed by atoms with Gasteiger partial charge in [0.15, 0.2) is 0 Å². The lowest BCUT2D eigenvalue weighted by molar-refractivity contribution is 0.0723. The number of alkyl halides is 1. The number of amides is 1. The minimum absolute atomic E-state index is 0.0551. The fourth-order valence-electron chi connectivity index (χ4n) is 2.40. The maximum atomic E-state index is 12.5. The first kappa shape index (κ1) is 14.0. The zero-order valence-corrected chi connectivity index (χ0v) is 13.3. The van der Waals surface area contributed by atoms with Gasteiger partial charge in [-0.2, -0.15) is 0 Å². The van der Waals surface area contributed by atoms with Gasteiger partial charge in [0.25, 0.3) is 5.91 Å². The number of nitrogens with zero attached hydrogens (tertiary/aromatic N) is 2. The average molecular weight is 376 g/mol. The highest BCUT2D eigenvalue weighted by Gasteiger charge is 2.30. The molecule has 0 radical (unpaired) electrons. The Morgan fingerprint density at radius 2 is 2.39 bits per heavy atom. The van der Waals surface area contributed by atoms with Gasteiger partial charge in [-0.25, -0.2) is 4.98 Å². The summed E-state index contributed by atoms with van der Waals surface area (Å²) in [5.41, 5.74) is 0.531. The lowest BCUT2D eigenvalue weighted by Gasteiger charge is -2.24. The van der Waals surface area contributed by atoms with Crippen molar-refractivity contribution in [1.82, 2.24) is 9.88 Å². The van der Waals surface area contributed by atoms with E-state index in [-0.39, 0.29) is 5.91 Å². The molecule has 1 aliphatic rings. The molecule has 3 nitrogen and oxygen atoms in total. The highest BCUT2D eigenvalue weighted by molar-refractivity contribution is 9.10. The van der Waals surface area contributed by atoms with Crippen LogP contribution in [0.1, 0.15) is 36.2 Å². The molecule has 1 saturated heterocycles. The number of halogens is 2. The molecular weight excluding hydrogens is 360 g/mol. The zero-order chi connectivity index (χ0) is 13.0. The highest BCUT2D eigenvalue weighted by Crippen LogP contribution is 2.25. The third-order valence-electron chi connectivity index (χ3n) is 3.27. The SMILES string of the molecule is O=C(c1ncccc1Br)N1CCCC1CCCBr. The van der Waals surface area contributed by atoms with Crippen molar-refractivity contribution in [2.75, 3.05) is 11.9 Å². The maximum Gasteiger partial charge on any atom is 0.273 e. The number of likely N-dealkylation sites (tertiary alicyclic amines) is 1. The molecule has 2 rings (SSSR count). The Kier molecular flexibility index (Phi) is 5.18. The van der Waals surface area contributed by atoms with Crippen molar-refractivity contribution in [2.45, 2.75) is 31.7 Å². The van der Waals surface area contributed by atoms with Crippen LogP contribution < -0.4 is 0 Å². The van der Waals surface area contributed by atoms with Crippen LogP contribution in [0, 0.1) is 0 Å². The zero-order valence-electron chi connectivity index (χ0n) is 10.1. The highest BCUT2D eigenvalue weighted by atomic mass is 79.9. The summed E-state index contributed by atoms with van der Waals surface area (Å²) in [5.74, 6) is 0.0551. The van der Waals surface area contributed by atoms with Gasteiger partial charge in [0.2, 0.25) is 0 Å². The molecule has 1 amide bonds. The summed E-state index contributed by atoms with van der Waals surface area (Å²) in [5, 5.41) is 0.999. The van der Waals surface area contributed by atoms with E-state index in [0.717, 1.165) is 42.0 Å². The third kappa shape index (κ3) is 3.12. The van der Waals surface area contributed by atoms with E-state index in [1.165, 1.54) is 0 Å². The van der Waals surface area contributed by atoms with Crippen LogP contribution in [0.4, 0.5) is 0 Å².